The van der Waals surface area contributed by atoms with E-state index in [2.05, 4.69) is 24.3 Å². The normalized spacial score (nSPS) is 23.6. The molecule has 0 unspecified atom stereocenters. The molecule has 0 aromatic carbocycles. The first-order chi connectivity index (χ1) is 9.97. The summed E-state index contributed by atoms with van der Waals surface area (Å²) in [7, 11) is 0. The van der Waals surface area contributed by atoms with Crippen LogP contribution >= 0.6 is 0 Å². The first-order valence-electron chi connectivity index (χ1n) is 9.00. The van der Waals surface area contributed by atoms with Crippen molar-refractivity contribution in [2.75, 3.05) is 0 Å². The highest BCUT2D eigenvalue weighted by Gasteiger charge is 2.08. The zero-order valence-electron chi connectivity index (χ0n) is 13.2. The van der Waals surface area contributed by atoms with Crippen molar-refractivity contribution in [3.8, 4) is 0 Å². The van der Waals surface area contributed by atoms with Crippen molar-refractivity contribution in [3.05, 3.63) is 35.5 Å². The van der Waals surface area contributed by atoms with E-state index in [4.69, 9.17) is 0 Å². The molecule has 0 radical (unpaired) electrons. The summed E-state index contributed by atoms with van der Waals surface area (Å²) < 4.78 is 0. The zero-order valence-corrected chi connectivity index (χ0v) is 13.2. The molecule has 0 N–H and O–H groups in total. The summed E-state index contributed by atoms with van der Waals surface area (Å²) in [4.78, 5) is 0. The van der Waals surface area contributed by atoms with E-state index in [1.165, 1.54) is 89.9 Å². The SMILES string of the molecule is C1=C(C2=CCCCCCC2)CCCCCC1.C1=CCC1. The lowest BCUT2D eigenvalue weighted by Crippen LogP contribution is -1.97. The first kappa shape index (κ1) is 15.6. The number of hydrogen-bond donors (Lipinski definition) is 0. The van der Waals surface area contributed by atoms with E-state index in [0.717, 1.165) is 0 Å². The minimum atomic E-state index is 1.32. The predicted octanol–water partition coefficient (Wildman–Crippen LogP) is 6.88. The van der Waals surface area contributed by atoms with Crippen LogP contribution in [-0.2, 0) is 0 Å². The highest BCUT2D eigenvalue weighted by Crippen LogP contribution is 2.28. The maximum absolute atomic E-state index is 2.55. The summed E-state index contributed by atoms with van der Waals surface area (Å²) in [5.41, 5.74) is 3.42. The van der Waals surface area contributed by atoms with Crippen molar-refractivity contribution >= 4 is 0 Å². The maximum atomic E-state index is 2.55. The highest BCUT2D eigenvalue weighted by atomic mass is 14.1. The summed E-state index contributed by atoms with van der Waals surface area (Å²) >= 11 is 0. The molecule has 0 heterocycles. The second-order valence-corrected chi connectivity index (χ2v) is 6.41. The Morgan fingerprint density at radius 3 is 1.25 bits per heavy atom. The van der Waals surface area contributed by atoms with Crippen molar-refractivity contribution in [1.82, 2.24) is 0 Å². The highest BCUT2D eigenvalue weighted by molar-refractivity contribution is 5.31. The number of rotatable bonds is 1. The van der Waals surface area contributed by atoms with Gasteiger partial charge in [0, 0.05) is 0 Å². The average molecular weight is 272 g/mol. The van der Waals surface area contributed by atoms with Gasteiger partial charge in [0.25, 0.3) is 0 Å². The summed E-state index contributed by atoms with van der Waals surface area (Å²) in [6.45, 7) is 0. The summed E-state index contributed by atoms with van der Waals surface area (Å²) in [5, 5.41) is 0. The maximum Gasteiger partial charge on any atom is -0.0279 e. The molecule has 0 amide bonds. The van der Waals surface area contributed by atoms with E-state index < -0.39 is 0 Å². The van der Waals surface area contributed by atoms with Gasteiger partial charge in [-0.15, -0.1) is 0 Å². The molecule has 0 saturated carbocycles. The molecule has 0 nitrogen and oxygen atoms in total. The van der Waals surface area contributed by atoms with Crippen LogP contribution in [0.3, 0.4) is 0 Å². The first-order valence-corrected chi connectivity index (χ1v) is 9.00. The molecule has 0 aromatic heterocycles. The molecular formula is C20H32. The smallest absolute Gasteiger partial charge is 0.0279 e. The van der Waals surface area contributed by atoms with Gasteiger partial charge in [0.1, 0.15) is 0 Å². The largest absolute Gasteiger partial charge is 0.0882 e. The van der Waals surface area contributed by atoms with E-state index >= 15 is 0 Å². The predicted molar refractivity (Wildman–Crippen MR) is 89.9 cm³/mol. The van der Waals surface area contributed by atoms with Gasteiger partial charge < -0.3 is 0 Å². The molecule has 112 valence electrons. The molecular weight excluding hydrogens is 240 g/mol. The van der Waals surface area contributed by atoms with Crippen LogP contribution in [0.5, 0.6) is 0 Å². The Morgan fingerprint density at radius 1 is 0.450 bits per heavy atom. The molecule has 0 saturated heterocycles. The Morgan fingerprint density at radius 2 is 0.850 bits per heavy atom. The van der Waals surface area contributed by atoms with Gasteiger partial charge >= 0.3 is 0 Å². The zero-order chi connectivity index (χ0) is 13.9. The fraction of sp³-hybridized carbons (Fsp3) is 0.700. The van der Waals surface area contributed by atoms with Crippen molar-refractivity contribution in [3.63, 3.8) is 0 Å². The molecule has 0 aliphatic heterocycles. The summed E-state index contributed by atoms with van der Waals surface area (Å²) in [6.07, 6.45) is 28.9. The Labute approximate surface area is 126 Å². The minimum absolute atomic E-state index is 1.32. The lowest BCUT2D eigenvalue weighted by molar-refractivity contribution is 0.605. The van der Waals surface area contributed by atoms with E-state index in [0.29, 0.717) is 0 Å². The van der Waals surface area contributed by atoms with Crippen LogP contribution in [0.1, 0.15) is 89.9 Å². The van der Waals surface area contributed by atoms with Crippen LogP contribution in [0.2, 0.25) is 0 Å². The van der Waals surface area contributed by atoms with Gasteiger partial charge in [0.05, 0.1) is 0 Å². The Hall–Kier alpha value is -0.780. The van der Waals surface area contributed by atoms with Crippen LogP contribution < -0.4 is 0 Å². The van der Waals surface area contributed by atoms with Gasteiger partial charge in [-0.2, -0.15) is 0 Å². The van der Waals surface area contributed by atoms with Crippen molar-refractivity contribution in [1.29, 1.82) is 0 Å². The third-order valence-corrected chi connectivity index (χ3v) is 4.66. The molecule has 0 fully saturated rings. The van der Waals surface area contributed by atoms with E-state index in [1.807, 2.05) is 0 Å². The van der Waals surface area contributed by atoms with Gasteiger partial charge in [0.15, 0.2) is 0 Å². The fourth-order valence-corrected chi connectivity index (χ4v) is 3.13. The quantitative estimate of drug-likeness (QED) is 0.456. The van der Waals surface area contributed by atoms with Gasteiger partial charge in [-0.05, 0) is 75.4 Å². The van der Waals surface area contributed by atoms with Crippen LogP contribution in [-0.4, -0.2) is 0 Å². The molecule has 0 bridgehead atoms. The van der Waals surface area contributed by atoms with Crippen LogP contribution in [0.25, 0.3) is 0 Å². The van der Waals surface area contributed by atoms with Crippen LogP contribution in [0, 0.1) is 0 Å². The third-order valence-electron chi connectivity index (χ3n) is 4.66. The average Bonchev–Trinajstić information content (AvgIpc) is 2.27. The van der Waals surface area contributed by atoms with Crippen molar-refractivity contribution < 1.29 is 0 Å². The molecule has 0 atom stereocenters. The van der Waals surface area contributed by atoms with E-state index in [1.54, 1.807) is 11.1 Å². The van der Waals surface area contributed by atoms with Crippen LogP contribution in [0.15, 0.2) is 35.5 Å². The minimum Gasteiger partial charge on any atom is -0.0882 e. The molecule has 20 heavy (non-hydrogen) atoms. The van der Waals surface area contributed by atoms with Crippen LogP contribution in [0.4, 0.5) is 0 Å². The van der Waals surface area contributed by atoms with Gasteiger partial charge in [0.2, 0.25) is 0 Å². The molecule has 3 rings (SSSR count). The lowest BCUT2D eigenvalue weighted by Gasteiger charge is -2.17. The standard InChI is InChI=1S/C16H26.C4H6/c1-3-7-11-15(12-8-4-1)16-13-9-5-2-6-10-14-16;1-2-4-3-1/h11,13H,1-10,12,14H2;1-2H,3-4H2. The molecule has 3 aliphatic carbocycles. The van der Waals surface area contributed by atoms with Gasteiger partial charge in [-0.25, -0.2) is 0 Å². The second kappa shape index (κ2) is 10.0. The molecule has 0 spiro atoms. The Kier molecular flexibility index (Phi) is 7.82. The third kappa shape index (κ3) is 6.11. The molecule has 0 heteroatoms. The topological polar surface area (TPSA) is 0 Å². The molecule has 0 aromatic rings. The monoisotopic (exact) mass is 272 g/mol. The number of hydrogen-bond acceptors (Lipinski definition) is 0. The second-order valence-electron chi connectivity index (χ2n) is 6.41. The summed E-state index contributed by atoms with van der Waals surface area (Å²) in [5.74, 6) is 0. The van der Waals surface area contributed by atoms with Crippen molar-refractivity contribution in [2.45, 2.75) is 89.9 Å². The summed E-state index contributed by atoms with van der Waals surface area (Å²) in [6, 6.07) is 0. The molecule has 3 aliphatic rings. The Bertz CT molecular complexity index is 309. The van der Waals surface area contributed by atoms with Crippen molar-refractivity contribution in [2.24, 2.45) is 0 Å². The van der Waals surface area contributed by atoms with E-state index in [-0.39, 0.29) is 0 Å². The van der Waals surface area contributed by atoms with E-state index in [9.17, 15) is 0 Å². The fourth-order valence-electron chi connectivity index (χ4n) is 3.13. The Balaban J connectivity index is 0.000000315. The van der Waals surface area contributed by atoms with Gasteiger partial charge in [-0.3, -0.25) is 0 Å². The number of allylic oxidation sites excluding steroid dienone is 6. The van der Waals surface area contributed by atoms with Gasteiger partial charge in [-0.1, -0.05) is 50.0 Å². The lowest BCUT2D eigenvalue weighted by atomic mass is 9.89.